The van der Waals surface area contributed by atoms with E-state index in [1.54, 1.807) is 11.8 Å². The van der Waals surface area contributed by atoms with Crippen molar-refractivity contribution < 1.29 is 9.53 Å². The molecule has 1 unspecified atom stereocenters. The highest BCUT2D eigenvalue weighted by Crippen LogP contribution is 2.13. The van der Waals surface area contributed by atoms with Crippen molar-refractivity contribution in [1.82, 2.24) is 19.9 Å². The molecule has 1 aromatic heterocycles. The Hall–Kier alpha value is -1.63. The predicted octanol–water partition coefficient (Wildman–Crippen LogP) is 1.98. The summed E-state index contributed by atoms with van der Waals surface area (Å²) in [6, 6.07) is -0.302. The van der Waals surface area contributed by atoms with Gasteiger partial charge in [0.15, 0.2) is 0 Å². The number of carbonyl (C=O) groups is 1. The molecule has 7 nitrogen and oxygen atoms in total. The van der Waals surface area contributed by atoms with Crippen LogP contribution >= 0.6 is 11.6 Å². The van der Waals surface area contributed by atoms with Gasteiger partial charge in [-0.3, -0.25) is 4.79 Å². The van der Waals surface area contributed by atoms with E-state index in [1.807, 2.05) is 20.8 Å². The number of halogens is 1. The molecule has 1 atom stereocenters. The SMILES string of the molecule is CCCOc1nc(Cl)nc(NC(C)C(=O)N(CC)CC)n1. The summed E-state index contributed by atoms with van der Waals surface area (Å²) in [5.74, 6) is 0.210. The molecule has 0 saturated carbocycles. The highest BCUT2D eigenvalue weighted by Gasteiger charge is 2.19. The van der Waals surface area contributed by atoms with E-state index in [0.717, 1.165) is 6.42 Å². The number of nitrogens with zero attached hydrogens (tertiary/aromatic N) is 4. The monoisotopic (exact) mass is 315 g/mol. The number of hydrogen-bond acceptors (Lipinski definition) is 6. The Balaban J connectivity index is 2.77. The van der Waals surface area contributed by atoms with E-state index in [2.05, 4.69) is 20.3 Å². The number of anilines is 1. The van der Waals surface area contributed by atoms with E-state index in [9.17, 15) is 4.79 Å². The van der Waals surface area contributed by atoms with Crippen LogP contribution in [0.15, 0.2) is 0 Å². The third kappa shape index (κ3) is 5.34. The van der Waals surface area contributed by atoms with Crippen molar-refractivity contribution in [3.63, 3.8) is 0 Å². The summed E-state index contributed by atoms with van der Waals surface area (Å²) in [6.45, 7) is 9.41. The lowest BCUT2D eigenvalue weighted by molar-refractivity contribution is -0.131. The lowest BCUT2D eigenvalue weighted by atomic mass is 10.3. The number of ether oxygens (including phenoxy) is 1. The van der Waals surface area contributed by atoms with Gasteiger partial charge in [0, 0.05) is 13.1 Å². The maximum Gasteiger partial charge on any atom is 0.322 e. The fraction of sp³-hybridized carbons (Fsp3) is 0.692. The molecule has 0 fully saturated rings. The van der Waals surface area contributed by atoms with Crippen molar-refractivity contribution in [2.75, 3.05) is 25.0 Å². The van der Waals surface area contributed by atoms with Crippen LogP contribution in [0, 0.1) is 0 Å². The smallest absolute Gasteiger partial charge is 0.322 e. The molecule has 0 aromatic carbocycles. The molecule has 1 aromatic rings. The molecule has 0 radical (unpaired) electrons. The molecule has 1 N–H and O–H groups in total. The van der Waals surface area contributed by atoms with Crippen molar-refractivity contribution in [2.45, 2.75) is 40.2 Å². The van der Waals surface area contributed by atoms with Crippen LogP contribution in [-0.2, 0) is 4.79 Å². The standard InChI is InChI=1S/C13H22ClN5O2/c1-5-8-21-13-17-11(14)16-12(18-13)15-9(4)10(20)19(6-2)7-3/h9H,5-8H2,1-4H3,(H,15,16,17,18). The molecule has 21 heavy (non-hydrogen) atoms. The summed E-state index contributed by atoms with van der Waals surface area (Å²) in [5.41, 5.74) is 0. The van der Waals surface area contributed by atoms with Gasteiger partial charge in [0.2, 0.25) is 17.1 Å². The Labute approximate surface area is 130 Å². The van der Waals surface area contributed by atoms with Gasteiger partial charge in [-0.1, -0.05) is 6.92 Å². The number of amides is 1. The summed E-state index contributed by atoms with van der Waals surface area (Å²) < 4.78 is 5.33. The first-order chi connectivity index (χ1) is 10.0. The van der Waals surface area contributed by atoms with Crippen LogP contribution in [0.2, 0.25) is 5.28 Å². The number of rotatable bonds is 8. The molecule has 1 rings (SSSR count). The fourth-order valence-corrected chi connectivity index (χ4v) is 1.87. The third-order valence-electron chi connectivity index (χ3n) is 2.81. The summed E-state index contributed by atoms with van der Waals surface area (Å²) in [4.78, 5) is 25.8. The molecule has 8 heteroatoms. The normalized spacial score (nSPS) is 11.9. The van der Waals surface area contributed by atoms with Gasteiger partial charge in [-0.05, 0) is 38.8 Å². The second-order valence-corrected chi connectivity index (χ2v) is 4.77. The molecule has 1 heterocycles. The van der Waals surface area contributed by atoms with Crippen LogP contribution in [0.5, 0.6) is 6.01 Å². The quantitative estimate of drug-likeness (QED) is 0.790. The first-order valence-corrected chi connectivity index (χ1v) is 7.49. The van der Waals surface area contributed by atoms with Crippen molar-refractivity contribution in [2.24, 2.45) is 0 Å². The van der Waals surface area contributed by atoms with Crippen LogP contribution in [0.4, 0.5) is 5.95 Å². The Morgan fingerprint density at radius 2 is 1.95 bits per heavy atom. The van der Waals surface area contributed by atoms with Gasteiger partial charge in [-0.25, -0.2) is 0 Å². The molecular formula is C13H22ClN5O2. The first kappa shape index (κ1) is 17.4. The molecule has 0 aliphatic heterocycles. The minimum atomic E-state index is -0.456. The van der Waals surface area contributed by atoms with E-state index in [1.165, 1.54) is 0 Å². The van der Waals surface area contributed by atoms with Crippen molar-refractivity contribution in [3.05, 3.63) is 5.28 Å². The van der Waals surface area contributed by atoms with E-state index in [4.69, 9.17) is 16.3 Å². The summed E-state index contributed by atoms with van der Waals surface area (Å²) in [5, 5.41) is 2.96. The number of nitrogens with one attached hydrogen (secondary N) is 1. The second-order valence-electron chi connectivity index (χ2n) is 4.44. The largest absolute Gasteiger partial charge is 0.463 e. The zero-order valence-electron chi connectivity index (χ0n) is 12.9. The third-order valence-corrected chi connectivity index (χ3v) is 2.98. The number of hydrogen-bond donors (Lipinski definition) is 1. The number of aromatic nitrogens is 3. The Bertz CT molecular complexity index is 468. The molecule has 0 saturated heterocycles. The van der Waals surface area contributed by atoms with Crippen molar-refractivity contribution in [3.8, 4) is 6.01 Å². The minimum absolute atomic E-state index is 0.0208. The maximum atomic E-state index is 12.2. The van der Waals surface area contributed by atoms with Crippen LogP contribution in [-0.4, -0.2) is 51.5 Å². The van der Waals surface area contributed by atoms with Crippen LogP contribution < -0.4 is 10.1 Å². The second kappa shape index (κ2) is 8.61. The highest BCUT2D eigenvalue weighted by atomic mass is 35.5. The van der Waals surface area contributed by atoms with Crippen molar-refractivity contribution >= 4 is 23.5 Å². The zero-order valence-corrected chi connectivity index (χ0v) is 13.6. The summed E-state index contributed by atoms with van der Waals surface area (Å²) in [6.07, 6.45) is 0.836. The number of likely N-dealkylation sites (N-methyl/N-ethyl adjacent to an activating group) is 1. The lowest BCUT2D eigenvalue weighted by Gasteiger charge is -2.23. The molecule has 0 aliphatic carbocycles. The Morgan fingerprint density at radius 1 is 1.29 bits per heavy atom. The molecule has 0 aliphatic rings. The highest BCUT2D eigenvalue weighted by molar-refractivity contribution is 6.28. The van der Waals surface area contributed by atoms with Crippen LogP contribution in [0.25, 0.3) is 0 Å². The lowest BCUT2D eigenvalue weighted by Crippen LogP contribution is -2.41. The van der Waals surface area contributed by atoms with Gasteiger partial charge in [0.05, 0.1) is 6.61 Å². The zero-order chi connectivity index (χ0) is 15.8. The molecule has 118 valence electrons. The number of carbonyl (C=O) groups excluding carboxylic acids is 1. The summed E-state index contributed by atoms with van der Waals surface area (Å²) in [7, 11) is 0. The van der Waals surface area contributed by atoms with Crippen molar-refractivity contribution in [1.29, 1.82) is 0 Å². The molecular weight excluding hydrogens is 294 g/mol. The average Bonchev–Trinajstić information content (AvgIpc) is 2.45. The van der Waals surface area contributed by atoms with Gasteiger partial charge in [0.1, 0.15) is 6.04 Å². The predicted molar refractivity (Wildman–Crippen MR) is 81.6 cm³/mol. The van der Waals surface area contributed by atoms with Gasteiger partial charge in [-0.15, -0.1) is 0 Å². The summed E-state index contributed by atoms with van der Waals surface area (Å²) >= 11 is 5.83. The van der Waals surface area contributed by atoms with E-state index in [0.29, 0.717) is 19.7 Å². The fourth-order valence-electron chi connectivity index (χ4n) is 1.72. The maximum absolute atomic E-state index is 12.2. The van der Waals surface area contributed by atoms with Gasteiger partial charge in [-0.2, -0.15) is 15.0 Å². The van der Waals surface area contributed by atoms with Crippen LogP contribution in [0.3, 0.4) is 0 Å². The molecule has 1 amide bonds. The molecule has 0 spiro atoms. The average molecular weight is 316 g/mol. The van der Waals surface area contributed by atoms with E-state index < -0.39 is 6.04 Å². The van der Waals surface area contributed by atoms with Gasteiger partial charge < -0.3 is 15.0 Å². The van der Waals surface area contributed by atoms with Gasteiger partial charge in [0.25, 0.3) is 0 Å². The minimum Gasteiger partial charge on any atom is -0.463 e. The Morgan fingerprint density at radius 3 is 2.52 bits per heavy atom. The first-order valence-electron chi connectivity index (χ1n) is 7.11. The van der Waals surface area contributed by atoms with E-state index in [-0.39, 0.29) is 23.1 Å². The van der Waals surface area contributed by atoms with E-state index >= 15 is 0 Å². The van der Waals surface area contributed by atoms with Crippen LogP contribution in [0.1, 0.15) is 34.1 Å². The Kier molecular flexibility index (Phi) is 7.14. The van der Waals surface area contributed by atoms with Gasteiger partial charge >= 0.3 is 6.01 Å². The topological polar surface area (TPSA) is 80.2 Å². The molecule has 0 bridgehead atoms.